The second-order valence-corrected chi connectivity index (χ2v) is 4.57. The third kappa shape index (κ3) is 2.49. The average molecular weight is 166 g/mol. The van der Waals surface area contributed by atoms with Gasteiger partial charge in [-0.25, -0.2) is 0 Å². The summed E-state index contributed by atoms with van der Waals surface area (Å²) in [4.78, 5) is 0. The van der Waals surface area contributed by atoms with Crippen molar-refractivity contribution in [3.8, 4) is 0 Å². The highest BCUT2D eigenvalue weighted by Crippen LogP contribution is 2.55. The van der Waals surface area contributed by atoms with Crippen molar-refractivity contribution in [2.45, 2.75) is 6.82 Å². The predicted octanol–water partition coefficient (Wildman–Crippen LogP) is 2.05. The summed E-state index contributed by atoms with van der Waals surface area (Å²) in [7, 11) is -1.41. The van der Waals surface area contributed by atoms with Crippen LogP contribution in [0.2, 0.25) is 6.82 Å². The van der Waals surface area contributed by atoms with Gasteiger partial charge in [-0.1, -0.05) is 0 Å². The van der Waals surface area contributed by atoms with Gasteiger partial charge >= 0.3 is 7.12 Å². The molecule has 1 fully saturated rings. The Labute approximate surface area is 58.0 Å². The minimum Gasteiger partial charge on any atom is -0.366 e. The van der Waals surface area contributed by atoms with Crippen molar-refractivity contribution in [3.05, 3.63) is 0 Å². The van der Waals surface area contributed by atoms with Gasteiger partial charge < -0.3 is 8.88 Å². The maximum absolute atomic E-state index is 5.24. The normalized spacial score (nSPS) is 37.0. The first-order valence-corrected chi connectivity index (χ1v) is 5.92. The second-order valence-electron chi connectivity index (χ2n) is 1.74. The van der Waals surface area contributed by atoms with Gasteiger partial charge in [-0.15, -0.1) is 0 Å². The lowest BCUT2D eigenvalue weighted by atomic mass is 9.98. The van der Waals surface area contributed by atoms with Gasteiger partial charge in [-0.05, 0) is 6.82 Å². The van der Waals surface area contributed by atoms with Crippen LogP contribution in [-0.4, -0.2) is 20.4 Å². The fourth-order valence-corrected chi connectivity index (χ4v) is 3.23. The largest absolute Gasteiger partial charge is 0.463 e. The molecule has 9 heavy (non-hydrogen) atoms. The fourth-order valence-electron chi connectivity index (χ4n) is 0.638. The van der Waals surface area contributed by atoms with Gasteiger partial charge in [0.25, 0.3) is 0 Å². The molecule has 0 amide bonds. The van der Waals surface area contributed by atoms with Gasteiger partial charge in [-0.3, -0.25) is 4.31 Å². The van der Waals surface area contributed by atoms with Crippen LogP contribution < -0.4 is 0 Å². The molecule has 1 saturated heterocycles. The van der Waals surface area contributed by atoms with Crippen LogP contribution in [0.3, 0.4) is 0 Å². The van der Waals surface area contributed by atoms with Crippen molar-refractivity contribution in [2.75, 3.05) is 13.3 Å². The van der Waals surface area contributed by atoms with Gasteiger partial charge in [0.05, 0.1) is 0 Å². The van der Waals surface area contributed by atoms with Crippen LogP contribution in [-0.2, 0) is 13.2 Å². The summed E-state index contributed by atoms with van der Waals surface area (Å²) in [6.07, 6.45) is 0. The molecule has 0 aliphatic carbocycles. The Balaban J connectivity index is 2.34. The van der Waals surface area contributed by atoms with Crippen molar-refractivity contribution in [1.82, 2.24) is 0 Å². The number of rotatable bonds is 0. The van der Waals surface area contributed by atoms with Gasteiger partial charge in [0.15, 0.2) is 16.8 Å². The highest BCUT2D eigenvalue weighted by Gasteiger charge is 2.26. The molecule has 0 saturated carbocycles. The fraction of sp³-hybridized carbons (Fsp3) is 1.00. The Hall–Kier alpha value is 0.805. The van der Waals surface area contributed by atoms with Crippen LogP contribution in [0.25, 0.3) is 0 Å². The molecule has 1 rings (SSSR count). The minimum atomic E-state index is -0.667. The van der Waals surface area contributed by atoms with Crippen molar-refractivity contribution in [1.29, 1.82) is 0 Å². The van der Waals surface area contributed by atoms with Crippen molar-refractivity contribution in [3.63, 3.8) is 0 Å². The van der Waals surface area contributed by atoms with Crippen LogP contribution in [0.15, 0.2) is 0 Å². The van der Waals surface area contributed by atoms with Crippen LogP contribution in [0.1, 0.15) is 0 Å². The Morgan fingerprint density at radius 2 is 1.56 bits per heavy atom. The maximum atomic E-state index is 5.24. The molecule has 0 N–H and O–H groups in total. The quantitative estimate of drug-likeness (QED) is 0.407. The lowest BCUT2D eigenvalue weighted by Crippen LogP contribution is -2.17. The molecule has 6 heteroatoms. The molecular weight excluding hydrogens is 157 g/mol. The van der Waals surface area contributed by atoms with Gasteiger partial charge in [0, 0.05) is 13.3 Å². The third-order valence-electron chi connectivity index (χ3n) is 0.824. The SMILES string of the molecule is CB1OP(C)OP(C)O1. The maximum Gasteiger partial charge on any atom is 0.463 e. The highest BCUT2D eigenvalue weighted by molar-refractivity contribution is 7.62. The van der Waals surface area contributed by atoms with E-state index in [-0.39, 0.29) is 7.12 Å². The first kappa shape index (κ1) is 7.91. The van der Waals surface area contributed by atoms with Gasteiger partial charge in [-0.2, -0.15) is 0 Å². The summed E-state index contributed by atoms with van der Waals surface area (Å²) in [5.41, 5.74) is 0. The summed E-state index contributed by atoms with van der Waals surface area (Å²) < 4.78 is 15.6. The summed E-state index contributed by atoms with van der Waals surface area (Å²) in [5, 5.41) is 0. The number of hydrogen-bond acceptors (Lipinski definition) is 3. The van der Waals surface area contributed by atoms with E-state index < -0.39 is 16.8 Å². The molecule has 2 atom stereocenters. The third-order valence-corrected chi connectivity index (χ3v) is 3.85. The van der Waals surface area contributed by atoms with Crippen molar-refractivity contribution in [2.24, 2.45) is 0 Å². The molecule has 1 aliphatic heterocycles. The summed E-state index contributed by atoms with van der Waals surface area (Å²) >= 11 is 0. The first-order valence-electron chi connectivity index (χ1n) is 2.67. The Morgan fingerprint density at radius 3 is 1.89 bits per heavy atom. The minimum absolute atomic E-state index is 0.0778. The molecule has 0 bridgehead atoms. The molecule has 2 unspecified atom stereocenters. The zero-order valence-corrected chi connectivity index (χ0v) is 7.49. The molecule has 0 aromatic rings. The summed E-state index contributed by atoms with van der Waals surface area (Å²) in [6, 6.07) is 0. The zero-order chi connectivity index (χ0) is 6.85. The molecule has 0 spiro atoms. The Bertz CT molecular complexity index is 78.0. The van der Waals surface area contributed by atoms with Crippen LogP contribution in [0, 0.1) is 0 Å². The topological polar surface area (TPSA) is 27.7 Å². The van der Waals surface area contributed by atoms with E-state index >= 15 is 0 Å². The van der Waals surface area contributed by atoms with Crippen molar-refractivity contribution >= 4 is 23.9 Å². The molecule has 1 heterocycles. The Morgan fingerprint density at radius 1 is 1.11 bits per heavy atom. The van der Waals surface area contributed by atoms with Crippen LogP contribution >= 0.6 is 16.8 Å². The van der Waals surface area contributed by atoms with E-state index in [1.165, 1.54) is 0 Å². The molecule has 52 valence electrons. The van der Waals surface area contributed by atoms with Crippen molar-refractivity contribution < 1.29 is 13.2 Å². The van der Waals surface area contributed by atoms with E-state index in [1.54, 1.807) is 0 Å². The average Bonchev–Trinajstić information content (AvgIpc) is 1.59. The van der Waals surface area contributed by atoms with E-state index in [1.807, 2.05) is 20.2 Å². The summed E-state index contributed by atoms with van der Waals surface area (Å²) in [6.45, 7) is 5.76. The van der Waals surface area contributed by atoms with E-state index in [2.05, 4.69) is 0 Å². The van der Waals surface area contributed by atoms with Crippen LogP contribution in [0.4, 0.5) is 0 Å². The van der Waals surface area contributed by atoms with E-state index in [0.717, 1.165) is 0 Å². The monoisotopic (exact) mass is 166 g/mol. The molecule has 0 aromatic carbocycles. The standard InChI is InChI=1S/C3H9BO3P2/c1-4-5-8(2)7-9(3)6-4/h1-3H3. The predicted molar refractivity (Wildman–Crippen MR) is 40.6 cm³/mol. The summed E-state index contributed by atoms with van der Waals surface area (Å²) in [5.74, 6) is 0. The first-order chi connectivity index (χ1) is 4.18. The molecule has 0 aromatic heterocycles. The second kappa shape index (κ2) is 3.27. The van der Waals surface area contributed by atoms with Gasteiger partial charge in [0.2, 0.25) is 0 Å². The molecule has 1 aliphatic rings. The smallest absolute Gasteiger partial charge is 0.366 e. The van der Waals surface area contributed by atoms with Crippen LogP contribution in [0.5, 0.6) is 0 Å². The zero-order valence-electron chi connectivity index (χ0n) is 5.70. The molecule has 0 radical (unpaired) electrons. The van der Waals surface area contributed by atoms with E-state index in [4.69, 9.17) is 13.2 Å². The Kier molecular flexibility index (Phi) is 2.87. The molecule has 3 nitrogen and oxygen atoms in total. The number of hydrogen-bond donors (Lipinski definition) is 0. The molecular formula is C3H9BO3P2. The lowest BCUT2D eigenvalue weighted by molar-refractivity contribution is 0.379. The van der Waals surface area contributed by atoms with E-state index in [9.17, 15) is 0 Å². The highest BCUT2D eigenvalue weighted by atomic mass is 31.2. The lowest BCUT2D eigenvalue weighted by Gasteiger charge is -2.27. The van der Waals surface area contributed by atoms with E-state index in [0.29, 0.717) is 0 Å². The van der Waals surface area contributed by atoms with Gasteiger partial charge in [0.1, 0.15) is 0 Å².